The maximum Gasteiger partial charge on any atom is 0.459 e. The maximum absolute atomic E-state index is 14.6. The molecule has 6 unspecified atom stereocenters. The van der Waals surface area contributed by atoms with Gasteiger partial charge in [0.05, 0.1) is 26.7 Å². The Labute approximate surface area is 277 Å². The third-order valence-corrected chi connectivity index (χ3v) is 9.22. The van der Waals surface area contributed by atoms with Crippen molar-refractivity contribution in [2.45, 2.75) is 71.6 Å². The number of aliphatic hydroxyl groups excluding tert-OH is 1. The predicted octanol–water partition coefficient (Wildman–Crippen LogP) is 3.38. The molecule has 0 radical (unpaired) electrons. The highest BCUT2D eigenvalue weighted by molar-refractivity contribution is 7.52. The standard InChI is InChI=1S/C31H42N7O9P/c1-17(2)21(27(40)44-15-30(3,4)5)37-48(42,47-19-12-8-10-18-11-9-13-33-22(18)19)45-14-20-24(39)31(6,41)28(46-20)38-16-34-23-25(38)35-29(32)36-26(23)43-7/h8-13,16-17,20-21,24,28,39,41H,14-15H2,1-7H3,(H,37,42)(H2,32,35,36). The number of carbonyl (C=O) groups is 1. The molecular formula is C31H42N7O9P. The lowest BCUT2D eigenvalue weighted by Crippen LogP contribution is -2.45. The molecule has 6 atom stereocenters. The molecule has 1 fully saturated rings. The minimum atomic E-state index is -4.47. The lowest BCUT2D eigenvalue weighted by Gasteiger charge is -2.29. The molecule has 0 saturated carbocycles. The minimum Gasteiger partial charge on any atom is -0.479 e. The summed E-state index contributed by atoms with van der Waals surface area (Å²) < 4.78 is 44.8. The summed E-state index contributed by atoms with van der Waals surface area (Å²) >= 11 is 0. The van der Waals surface area contributed by atoms with Gasteiger partial charge in [-0.15, -0.1) is 0 Å². The monoisotopic (exact) mass is 687 g/mol. The molecule has 0 aliphatic carbocycles. The largest absolute Gasteiger partial charge is 0.479 e. The SMILES string of the molecule is COc1nc(N)nc2c1ncn2C1OC(COP(=O)(NC(C(=O)OCC(C)(C)C)C(C)C)Oc2cccc3cccnc23)C(O)C1(C)O. The summed E-state index contributed by atoms with van der Waals surface area (Å²) in [5.41, 5.74) is 4.48. The van der Waals surface area contributed by atoms with Crippen LogP contribution in [0.4, 0.5) is 5.95 Å². The Morgan fingerprint density at radius 1 is 1.19 bits per heavy atom. The number of para-hydroxylation sites is 1. The van der Waals surface area contributed by atoms with Gasteiger partial charge in [0.2, 0.25) is 11.8 Å². The van der Waals surface area contributed by atoms with Crippen LogP contribution in [0.15, 0.2) is 42.9 Å². The summed E-state index contributed by atoms with van der Waals surface area (Å²) in [5, 5.41) is 26.2. The van der Waals surface area contributed by atoms with Gasteiger partial charge in [-0.2, -0.15) is 15.1 Å². The summed E-state index contributed by atoms with van der Waals surface area (Å²) in [6.45, 7) is 10.2. The van der Waals surface area contributed by atoms with Crippen LogP contribution in [0.2, 0.25) is 0 Å². The molecule has 0 spiro atoms. The van der Waals surface area contributed by atoms with Gasteiger partial charge in [0.1, 0.15) is 29.4 Å². The van der Waals surface area contributed by atoms with Crippen LogP contribution in [0.25, 0.3) is 22.1 Å². The Balaban J connectivity index is 1.44. The van der Waals surface area contributed by atoms with Crippen LogP contribution >= 0.6 is 7.75 Å². The fourth-order valence-corrected chi connectivity index (χ4v) is 6.83. The zero-order chi connectivity index (χ0) is 35.0. The highest BCUT2D eigenvalue weighted by Crippen LogP contribution is 2.49. The number of imidazole rings is 1. The van der Waals surface area contributed by atoms with Crippen LogP contribution in [0.1, 0.15) is 47.8 Å². The average molecular weight is 688 g/mol. The van der Waals surface area contributed by atoms with E-state index in [4.69, 9.17) is 29.0 Å². The second-order valence-corrected chi connectivity index (χ2v) is 15.0. The van der Waals surface area contributed by atoms with Gasteiger partial charge in [-0.1, -0.05) is 52.8 Å². The Morgan fingerprint density at radius 2 is 1.92 bits per heavy atom. The number of rotatable bonds is 12. The molecule has 4 aromatic rings. The smallest absolute Gasteiger partial charge is 0.459 e. The zero-order valence-corrected chi connectivity index (χ0v) is 28.7. The van der Waals surface area contributed by atoms with Crippen molar-refractivity contribution >= 4 is 41.7 Å². The molecule has 5 rings (SSSR count). The molecule has 5 N–H and O–H groups in total. The molecule has 4 heterocycles. The number of pyridine rings is 1. The number of anilines is 1. The molecule has 1 saturated heterocycles. The van der Waals surface area contributed by atoms with E-state index < -0.39 is 56.3 Å². The number of benzene rings is 1. The first-order valence-electron chi connectivity index (χ1n) is 15.4. The fourth-order valence-electron chi connectivity index (χ4n) is 5.16. The van der Waals surface area contributed by atoms with Gasteiger partial charge in [0, 0.05) is 11.6 Å². The van der Waals surface area contributed by atoms with Gasteiger partial charge in [-0.25, -0.2) is 9.55 Å². The van der Waals surface area contributed by atoms with Gasteiger partial charge >= 0.3 is 13.7 Å². The van der Waals surface area contributed by atoms with E-state index in [1.165, 1.54) is 24.9 Å². The molecule has 0 amide bonds. The van der Waals surface area contributed by atoms with Crippen molar-refractivity contribution in [1.29, 1.82) is 0 Å². The third-order valence-electron chi connectivity index (χ3n) is 7.70. The van der Waals surface area contributed by atoms with Crippen molar-refractivity contribution < 1.29 is 42.8 Å². The molecule has 1 aliphatic heterocycles. The van der Waals surface area contributed by atoms with Crippen molar-refractivity contribution in [3.63, 3.8) is 0 Å². The van der Waals surface area contributed by atoms with Gasteiger partial charge in [-0.3, -0.25) is 18.9 Å². The third kappa shape index (κ3) is 7.38. The van der Waals surface area contributed by atoms with E-state index in [1.54, 1.807) is 38.2 Å². The first kappa shape index (κ1) is 35.4. The number of esters is 1. The maximum atomic E-state index is 14.6. The van der Waals surface area contributed by atoms with E-state index in [2.05, 4.69) is 25.0 Å². The number of fused-ring (bicyclic) bond motifs is 2. The number of hydrogen-bond donors (Lipinski definition) is 4. The van der Waals surface area contributed by atoms with Crippen molar-refractivity contribution in [2.75, 3.05) is 26.1 Å². The second kappa shape index (κ2) is 13.5. The molecule has 0 bridgehead atoms. The number of nitrogens with two attached hydrogens (primary N) is 1. The van der Waals surface area contributed by atoms with Gasteiger partial charge in [-0.05, 0) is 30.4 Å². The lowest BCUT2D eigenvalue weighted by atomic mass is 9.96. The first-order chi connectivity index (χ1) is 22.5. The van der Waals surface area contributed by atoms with Gasteiger partial charge < -0.3 is 34.7 Å². The van der Waals surface area contributed by atoms with E-state index in [9.17, 15) is 19.6 Å². The molecule has 16 nitrogen and oxygen atoms in total. The number of carbonyl (C=O) groups excluding carboxylic acids is 1. The Bertz CT molecular complexity index is 1820. The number of hydrogen-bond acceptors (Lipinski definition) is 14. The van der Waals surface area contributed by atoms with E-state index in [1.807, 2.05) is 32.9 Å². The van der Waals surface area contributed by atoms with Crippen molar-refractivity contribution in [3.8, 4) is 11.6 Å². The number of methoxy groups -OCH3 is 1. The number of nitrogens with zero attached hydrogens (tertiary/aromatic N) is 5. The quantitative estimate of drug-likeness (QED) is 0.124. The summed E-state index contributed by atoms with van der Waals surface area (Å²) in [6.07, 6.45) is -1.12. The number of aliphatic hydroxyl groups is 2. The zero-order valence-electron chi connectivity index (χ0n) is 27.9. The summed E-state index contributed by atoms with van der Waals surface area (Å²) in [4.78, 5) is 30.1. The topological polar surface area (TPSA) is 215 Å². The number of nitrogens with one attached hydrogen (secondary N) is 1. The molecule has 1 aliphatic rings. The number of aromatic nitrogens is 5. The number of nitrogen functional groups attached to an aromatic ring is 1. The summed E-state index contributed by atoms with van der Waals surface area (Å²) in [6, 6.07) is 7.55. The van der Waals surface area contributed by atoms with E-state index >= 15 is 0 Å². The predicted molar refractivity (Wildman–Crippen MR) is 175 cm³/mol. The summed E-state index contributed by atoms with van der Waals surface area (Å²) in [7, 11) is -3.07. The number of ether oxygens (including phenoxy) is 3. The van der Waals surface area contributed by atoms with E-state index in [0.717, 1.165) is 0 Å². The Hall–Kier alpha value is -3.92. The average Bonchev–Trinajstić information content (AvgIpc) is 3.54. The van der Waals surface area contributed by atoms with Crippen LogP contribution in [-0.2, 0) is 23.4 Å². The highest BCUT2D eigenvalue weighted by atomic mass is 31.2. The van der Waals surface area contributed by atoms with Crippen LogP contribution < -0.4 is 20.1 Å². The molecule has 3 aromatic heterocycles. The lowest BCUT2D eigenvalue weighted by molar-refractivity contribution is -0.149. The van der Waals surface area contributed by atoms with Crippen LogP contribution in [0, 0.1) is 11.3 Å². The van der Waals surface area contributed by atoms with Gasteiger partial charge in [0.15, 0.2) is 23.1 Å². The molecule has 1 aromatic carbocycles. The van der Waals surface area contributed by atoms with E-state index in [-0.39, 0.29) is 40.8 Å². The van der Waals surface area contributed by atoms with Crippen LogP contribution in [0.3, 0.4) is 0 Å². The van der Waals surface area contributed by atoms with Crippen molar-refractivity contribution in [3.05, 3.63) is 42.9 Å². The minimum absolute atomic E-state index is 0.105. The van der Waals surface area contributed by atoms with Crippen molar-refractivity contribution in [1.82, 2.24) is 29.6 Å². The molecule has 260 valence electrons. The fraction of sp³-hybridized carbons (Fsp3) is 0.516. The molecule has 48 heavy (non-hydrogen) atoms. The van der Waals surface area contributed by atoms with Gasteiger partial charge in [0.25, 0.3) is 0 Å². The molecular weight excluding hydrogens is 645 g/mol. The summed E-state index contributed by atoms with van der Waals surface area (Å²) in [5.74, 6) is -0.910. The van der Waals surface area contributed by atoms with Crippen LogP contribution in [-0.4, -0.2) is 84.9 Å². The normalized spacial score (nSPS) is 23.3. The molecule has 17 heteroatoms. The Morgan fingerprint density at radius 3 is 2.60 bits per heavy atom. The van der Waals surface area contributed by atoms with E-state index in [0.29, 0.717) is 10.9 Å². The van der Waals surface area contributed by atoms with Crippen molar-refractivity contribution in [2.24, 2.45) is 11.3 Å². The van der Waals surface area contributed by atoms with Crippen LogP contribution in [0.5, 0.6) is 11.6 Å². The Kier molecular flexibility index (Phi) is 9.98. The first-order valence-corrected chi connectivity index (χ1v) is 16.9. The highest BCUT2D eigenvalue weighted by Gasteiger charge is 2.54. The second-order valence-electron chi connectivity index (χ2n) is 13.3.